The predicted molar refractivity (Wildman–Crippen MR) is 85.6 cm³/mol. The van der Waals surface area contributed by atoms with E-state index in [1.165, 1.54) is 25.7 Å². The molecule has 0 aromatic heterocycles. The van der Waals surface area contributed by atoms with Crippen molar-refractivity contribution in [1.29, 1.82) is 0 Å². The van der Waals surface area contributed by atoms with Gasteiger partial charge in [0.25, 0.3) is 11.8 Å². The molecule has 0 radical (unpaired) electrons. The second kappa shape index (κ2) is 8.46. The Morgan fingerprint density at radius 1 is 0.913 bits per heavy atom. The Morgan fingerprint density at radius 3 is 2.00 bits per heavy atom. The third-order valence-electron chi connectivity index (χ3n) is 3.93. The number of carbonyl (C=O) groups excluding carboxylic acids is 3. The van der Waals surface area contributed by atoms with Gasteiger partial charge in [0.2, 0.25) is 0 Å². The van der Waals surface area contributed by atoms with E-state index in [1.54, 1.807) is 24.3 Å². The van der Waals surface area contributed by atoms with Gasteiger partial charge in [-0.2, -0.15) is 0 Å². The molecule has 0 saturated carbocycles. The lowest BCUT2D eigenvalue weighted by atomic mass is 10.1. The zero-order valence-corrected chi connectivity index (χ0v) is 13.5. The van der Waals surface area contributed by atoms with E-state index in [0.717, 1.165) is 12.8 Å². The topological polar surface area (TPSA) is 63.7 Å². The molecule has 0 saturated heterocycles. The number of hydroxylamine groups is 2. The molecule has 0 unspecified atom stereocenters. The highest BCUT2D eigenvalue weighted by Gasteiger charge is 2.38. The van der Waals surface area contributed by atoms with Crippen LogP contribution in [0.5, 0.6) is 0 Å². The Labute approximate surface area is 136 Å². The predicted octanol–water partition coefficient (Wildman–Crippen LogP) is 3.88. The Balaban J connectivity index is 1.72. The molecule has 0 spiro atoms. The standard InChI is InChI=1S/C18H23NO4/c1-2-3-4-5-6-7-8-13-16(20)23-19-17(21)14-11-9-10-12-15(14)18(19)22/h9-12H,2-8,13H2,1H3. The monoisotopic (exact) mass is 317 g/mol. The van der Waals surface area contributed by atoms with Crippen LogP contribution in [0.4, 0.5) is 0 Å². The third kappa shape index (κ3) is 4.41. The molecule has 1 aromatic carbocycles. The minimum absolute atomic E-state index is 0.223. The van der Waals surface area contributed by atoms with Crippen molar-refractivity contribution in [2.75, 3.05) is 0 Å². The quantitative estimate of drug-likeness (QED) is 0.512. The average Bonchev–Trinajstić information content (AvgIpc) is 2.79. The summed E-state index contributed by atoms with van der Waals surface area (Å²) in [6, 6.07) is 6.46. The van der Waals surface area contributed by atoms with Crippen LogP contribution in [0.25, 0.3) is 0 Å². The summed E-state index contributed by atoms with van der Waals surface area (Å²) in [6.45, 7) is 2.18. The summed E-state index contributed by atoms with van der Waals surface area (Å²) in [5, 5.41) is 0.578. The number of rotatable bonds is 9. The molecular weight excluding hydrogens is 294 g/mol. The smallest absolute Gasteiger partial charge is 0.330 e. The zero-order chi connectivity index (χ0) is 16.7. The van der Waals surface area contributed by atoms with Gasteiger partial charge in [-0.3, -0.25) is 9.59 Å². The van der Waals surface area contributed by atoms with E-state index in [0.29, 0.717) is 11.5 Å². The maximum absolute atomic E-state index is 12.0. The second-order valence-electron chi connectivity index (χ2n) is 5.78. The SMILES string of the molecule is CCCCCCCCCC(=O)ON1C(=O)c2ccccc2C1=O. The summed E-state index contributed by atoms with van der Waals surface area (Å²) >= 11 is 0. The van der Waals surface area contributed by atoms with Crippen LogP contribution in [0.2, 0.25) is 0 Å². The van der Waals surface area contributed by atoms with Crippen molar-refractivity contribution in [2.24, 2.45) is 0 Å². The van der Waals surface area contributed by atoms with Gasteiger partial charge in [0.1, 0.15) is 0 Å². The minimum atomic E-state index is -0.571. The van der Waals surface area contributed by atoms with Gasteiger partial charge < -0.3 is 4.84 Å². The largest absolute Gasteiger partial charge is 0.333 e. The maximum atomic E-state index is 12.0. The number of hydrogen-bond donors (Lipinski definition) is 0. The normalized spacial score (nSPS) is 13.3. The minimum Gasteiger partial charge on any atom is -0.330 e. The van der Waals surface area contributed by atoms with Crippen LogP contribution in [-0.4, -0.2) is 22.8 Å². The molecule has 23 heavy (non-hydrogen) atoms. The molecule has 2 rings (SSSR count). The van der Waals surface area contributed by atoms with Gasteiger partial charge in [0, 0.05) is 6.42 Å². The van der Waals surface area contributed by atoms with E-state index in [2.05, 4.69) is 6.92 Å². The molecular formula is C18H23NO4. The van der Waals surface area contributed by atoms with Crippen molar-refractivity contribution in [3.63, 3.8) is 0 Å². The van der Waals surface area contributed by atoms with Gasteiger partial charge >= 0.3 is 5.97 Å². The summed E-state index contributed by atoms with van der Waals surface area (Å²) in [7, 11) is 0. The first kappa shape index (κ1) is 17.2. The lowest BCUT2D eigenvalue weighted by molar-refractivity contribution is -0.168. The number of carbonyl (C=O) groups is 3. The van der Waals surface area contributed by atoms with E-state index in [-0.39, 0.29) is 17.5 Å². The molecule has 1 aliphatic heterocycles. The van der Waals surface area contributed by atoms with E-state index in [9.17, 15) is 14.4 Å². The van der Waals surface area contributed by atoms with E-state index in [4.69, 9.17) is 4.84 Å². The number of hydrogen-bond acceptors (Lipinski definition) is 4. The van der Waals surface area contributed by atoms with Crippen LogP contribution in [0.1, 0.15) is 79.0 Å². The third-order valence-corrected chi connectivity index (χ3v) is 3.93. The maximum Gasteiger partial charge on any atom is 0.333 e. The zero-order valence-electron chi connectivity index (χ0n) is 13.5. The number of unbranched alkanes of at least 4 members (excludes halogenated alkanes) is 6. The first-order chi connectivity index (χ1) is 11.1. The number of amides is 2. The van der Waals surface area contributed by atoms with Gasteiger partial charge in [-0.1, -0.05) is 62.6 Å². The van der Waals surface area contributed by atoms with Crippen LogP contribution < -0.4 is 0 Å². The molecule has 0 fully saturated rings. The molecule has 2 amide bonds. The molecule has 5 nitrogen and oxygen atoms in total. The fraction of sp³-hybridized carbons (Fsp3) is 0.500. The molecule has 5 heteroatoms. The van der Waals surface area contributed by atoms with Gasteiger partial charge in [-0.25, -0.2) is 4.79 Å². The molecule has 0 aliphatic carbocycles. The molecule has 1 aromatic rings. The molecule has 124 valence electrons. The van der Waals surface area contributed by atoms with Crippen molar-refractivity contribution in [3.05, 3.63) is 35.4 Å². The van der Waals surface area contributed by atoms with Gasteiger partial charge in [0.15, 0.2) is 0 Å². The molecule has 1 aliphatic rings. The van der Waals surface area contributed by atoms with Crippen molar-refractivity contribution in [1.82, 2.24) is 5.06 Å². The second-order valence-corrected chi connectivity index (χ2v) is 5.78. The van der Waals surface area contributed by atoms with Gasteiger partial charge in [-0.15, -0.1) is 0 Å². The van der Waals surface area contributed by atoms with Crippen LogP contribution in [0.15, 0.2) is 24.3 Å². The van der Waals surface area contributed by atoms with Gasteiger partial charge in [-0.05, 0) is 18.6 Å². The van der Waals surface area contributed by atoms with E-state index < -0.39 is 17.8 Å². The fourth-order valence-electron chi connectivity index (χ4n) is 2.62. The highest BCUT2D eigenvalue weighted by atomic mass is 16.7. The van der Waals surface area contributed by atoms with Gasteiger partial charge in [0.05, 0.1) is 11.1 Å². The highest BCUT2D eigenvalue weighted by Crippen LogP contribution is 2.23. The van der Waals surface area contributed by atoms with Crippen molar-refractivity contribution in [2.45, 2.75) is 58.3 Å². The first-order valence-corrected chi connectivity index (χ1v) is 8.33. The van der Waals surface area contributed by atoms with Crippen LogP contribution >= 0.6 is 0 Å². The van der Waals surface area contributed by atoms with Crippen LogP contribution in [-0.2, 0) is 9.63 Å². The Morgan fingerprint density at radius 2 is 1.43 bits per heavy atom. The number of benzene rings is 1. The number of fused-ring (bicyclic) bond motifs is 1. The number of imide groups is 1. The molecule has 0 atom stereocenters. The van der Waals surface area contributed by atoms with E-state index >= 15 is 0 Å². The highest BCUT2D eigenvalue weighted by molar-refractivity contribution is 6.20. The Hall–Kier alpha value is -2.17. The summed E-state index contributed by atoms with van der Waals surface area (Å²) in [5.74, 6) is -1.68. The average molecular weight is 317 g/mol. The summed E-state index contributed by atoms with van der Waals surface area (Å²) in [6.07, 6.45) is 7.88. The number of nitrogens with zero attached hydrogens (tertiary/aromatic N) is 1. The fourth-order valence-corrected chi connectivity index (χ4v) is 2.62. The summed E-state index contributed by atoms with van der Waals surface area (Å²) in [5.41, 5.74) is 0.558. The Bertz CT molecular complexity index is 547. The summed E-state index contributed by atoms with van der Waals surface area (Å²) < 4.78 is 0. The van der Waals surface area contributed by atoms with Crippen LogP contribution in [0, 0.1) is 0 Å². The lowest BCUT2D eigenvalue weighted by Crippen LogP contribution is -2.32. The van der Waals surface area contributed by atoms with Crippen molar-refractivity contribution >= 4 is 17.8 Å². The summed E-state index contributed by atoms with van der Waals surface area (Å²) in [4.78, 5) is 40.9. The van der Waals surface area contributed by atoms with E-state index in [1.807, 2.05) is 0 Å². The molecule has 1 heterocycles. The lowest BCUT2D eigenvalue weighted by Gasteiger charge is -2.12. The van der Waals surface area contributed by atoms with Crippen LogP contribution in [0.3, 0.4) is 0 Å². The Kier molecular flexibility index (Phi) is 6.32. The van der Waals surface area contributed by atoms with Crippen molar-refractivity contribution in [3.8, 4) is 0 Å². The first-order valence-electron chi connectivity index (χ1n) is 8.33. The van der Waals surface area contributed by atoms with Crippen molar-refractivity contribution < 1.29 is 19.2 Å². The molecule has 0 N–H and O–H groups in total. The molecule has 0 bridgehead atoms.